The van der Waals surface area contributed by atoms with Crippen LogP contribution in [0.1, 0.15) is 42.4 Å². The standard InChI is InChI=1S/C14H17O/c1-10-4-5-12-6-9-14(7-3-8-14)15-13(12)11(10)2/h5H,3,6-9H2,1-2H3. The van der Waals surface area contributed by atoms with Crippen molar-refractivity contribution in [3.8, 4) is 5.75 Å². The Kier molecular flexibility index (Phi) is 1.86. The van der Waals surface area contributed by atoms with Crippen molar-refractivity contribution >= 4 is 0 Å². The average molecular weight is 201 g/mol. The minimum atomic E-state index is 0.214. The van der Waals surface area contributed by atoms with Crippen LogP contribution in [0.15, 0.2) is 6.07 Å². The van der Waals surface area contributed by atoms with Crippen molar-refractivity contribution in [1.29, 1.82) is 0 Å². The Morgan fingerprint density at radius 2 is 2.07 bits per heavy atom. The van der Waals surface area contributed by atoms with E-state index in [4.69, 9.17) is 4.74 Å². The molecule has 2 aliphatic rings. The van der Waals surface area contributed by atoms with Gasteiger partial charge in [-0.25, -0.2) is 0 Å². The van der Waals surface area contributed by atoms with Gasteiger partial charge in [0.05, 0.1) is 0 Å². The van der Waals surface area contributed by atoms with Crippen molar-refractivity contribution in [2.45, 2.75) is 51.6 Å². The zero-order chi connectivity index (χ0) is 10.5. The molecular weight excluding hydrogens is 184 g/mol. The highest BCUT2D eigenvalue weighted by molar-refractivity contribution is 5.46. The average Bonchev–Trinajstić information content (AvgIpc) is 2.21. The fourth-order valence-electron chi connectivity index (χ4n) is 2.66. The SMILES string of the molecule is Cc1[c]cc2c(c1C)OC1(CCC1)CC2. The topological polar surface area (TPSA) is 9.23 Å². The number of hydrogen-bond acceptors (Lipinski definition) is 1. The Morgan fingerprint density at radius 1 is 1.27 bits per heavy atom. The molecule has 0 unspecified atom stereocenters. The van der Waals surface area contributed by atoms with Crippen LogP contribution in [0.2, 0.25) is 0 Å². The summed E-state index contributed by atoms with van der Waals surface area (Å²) in [6.45, 7) is 4.27. The fourth-order valence-corrected chi connectivity index (χ4v) is 2.66. The Hall–Kier alpha value is -0.980. The predicted molar refractivity (Wildman–Crippen MR) is 60.3 cm³/mol. The van der Waals surface area contributed by atoms with Gasteiger partial charge >= 0.3 is 0 Å². The van der Waals surface area contributed by atoms with Crippen LogP contribution in [0.4, 0.5) is 0 Å². The Balaban J connectivity index is 2.03. The molecule has 0 aromatic heterocycles. The van der Waals surface area contributed by atoms with E-state index in [9.17, 15) is 0 Å². The Morgan fingerprint density at radius 3 is 2.73 bits per heavy atom. The van der Waals surface area contributed by atoms with Gasteiger partial charge in [0.1, 0.15) is 11.4 Å². The van der Waals surface area contributed by atoms with E-state index in [1.807, 2.05) is 0 Å². The summed E-state index contributed by atoms with van der Waals surface area (Å²) < 4.78 is 6.25. The molecule has 1 aliphatic heterocycles. The first kappa shape index (κ1) is 9.26. The van der Waals surface area contributed by atoms with Crippen LogP contribution in [-0.4, -0.2) is 5.60 Å². The second-order valence-corrected chi connectivity index (χ2v) is 5.03. The molecule has 3 rings (SSSR count). The normalized spacial score (nSPS) is 21.7. The molecule has 1 heteroatoms. The third-order valence-corrected chi connectivity index (χ3v) is 4.09. The summed E-state index contributed by atoms with van der Waals surface area (Å²) in [4.78, 5) is 0. The van der Waals surface area contributed by atoms with E-state index in [0.717, 1.165) is 5.75 Å². The van der Waals surface area contributed by atoms with Crippen LogP contribution >= 0.6 is 0 Å². The minimum Gasteiger partial charge on any atom is -0.487 e. The molecule has 15 heavy (non-hydrogen) atoms. The molecule has 0 saturated heterocycles. The van der Waals surface area contributed by atoms with Crippen molar-refractivity contribution in [3.63, 3.8) is 0 Å². The zero-order valence-corrected chi connectivity index (χ0v) is 9.52. The van der Waals surface area contributed by atoms with Gasteiger partial charge < -0.3 is 4.74 Å². The lowest BCUT2D eigenvalue weighted by atomic mass is 9.74. The van der Waals surface area contributed by atoms with Crippen LogP contribution in [0.25, 0.3) is 0 Å². The largest absolute Gasteiger partial charge is 0.487 e. The van der Waals surface area contributed by atoms with Gasteiger partial charge in [-0.05, 0) is 74.8 Å². The van der Waals surface area contributed by atoms with Crippen LogP contribution in [0, 0.1) is 19.9 Å². The van der Waals surface area contributed by atoms with Gasteiger partial charge in [-0.2, -0.15) is 0 Å². The molecule has 0 N–H and O–H groups in total. The highest BCUT2D eigenvalue weighted by atomic mass is 16.5. The molecule has 1 saturated carbocycles. The van der Waals surface area contributed by atoms with E-state index in [-0.39, 0.29) is 5.60 Å². The van der Waals surface area contributed by atoms with Crippen LogP contribution in [-0.2, 0) is 6.42 Å². The maximum Gasteiger partial charge on any atom is 0.126 e. The number of rotatable bonds is 0. The van der Waals surface area contributed by atoms with E-state index < -0.39 is 0 Å². The van der Waals surface area contributed by atoms with E-state index in [1.54, 1.807) is 0 Å². The summed E-state index contributed by atoms with van der Waals surface area (Å²) in [6.07, 6.45) is 6.22. The number of aryl methyl sites for hydroxylation is 2. The molecular formula is C14H17O. The Labute approximate surface area is 91.5 Å². The van der Waals surface area contributed by atoms with E-state index in [1.165, 1.54) is 48.8 Å². The molecule has 1 aliphatic carbocycles. The third kappa shape index (κ3) is 1.29. The van der Waals surface area contributed by atoms with Gasteiger partial charge in [0.25, 0.3) is 0 Å². The van der Waals surface area contributed by atoms with Crippen LogP contribution in [0.5, 0.6) is 5.75 Å². The van der Waals surface area contributed by atoms with E-state index >= 15 is 0 Å². The van der Waals surface area contributed by atoms with Gasteiger partial charge in [0.15, 0.2) is 0 Å². The lowest BCUT2D eigenvalue weighted by molar-refractivity contribution is -0.0255. The highest BCUT2D eigenvalue weighted by Gasteiger charge is 2.42. The summed E-state index contributed by atoms with van der Waals surface area (Å²) in [5.41, 5.74) is 4.09. The second-order valence-electron chi connectivity index (χ2n) is 5.03. The predicted octanol–water partition coefficient (Wildman–Crippen LogP) is 3.35. The van der Waals surface area contributed by atoms with Crippen LogP contribution in [0.3, 0.4) is 0 Å². The number of fused-ring (bicyclic) bond motifs is 1. The molecule has 1 fully saturated rings. The summed E-state index contributed by atoms with van der Waals surface area (Å²) in [5, 5.41) is 0. The fraction of sp³-hybridized carbons (Fsp3) is 0.571. The first-order chi connectivity index (χ1) is 7.20. The molecule has 1 spiro atoms. The second kappa shape index (κ2) is 3.01. The highest BCUT2D eigenvalue weighted by Crippen LogP contribution is 2.46. The van der Waals surface area contributed by atoms with E-state index in [2.05, 4.69) is 26.0 Å². The molecule has 1 radical (unpaired) electrons. The van der Waals surface area contributed by atoms with Gasteiger partial charge in [-0.1, -0.05) is 0 Å². The molecule has 1 aromatic rings. The first-order valence-corrected chi connectivity index (χ1v) is 5.90. The van der Waals surface area contributed by atoms with Crippen LogP contribution < -0.4 is 4.74 Å². The number of hydrogen-bond donors (Lipinski definition) is 0. The smallest absolute Gasteiger partial charge is 0.126 e. The van der Waals surface area contributed by atoms with E-state index in [0.29, 0.717) is 0 Å². The number of benzene rings is 1. The zero-order valence-electron chi connectivity index (χ0n) is 9.52. The molecule has 79 valence electrons. The van der Waals surface area contributed by atoms with Crippen molar-refractivity contribution < 1.29 is 4.74 Å². The molecule has 0 amide bonds. The van der Waals surface area contributed by atoms with Gasteiger partial charge in [0, 0.05) is 0 Å². The molecule has 1 heterocycles. The van der Waals surface area contributed by atoms with Crippen molar-refractivity contribution in [2.75, 3.05) is 0 Å². The maximum atomic E-state index is 6.25. The molecule has 0 atom stereocenters. The Bertz CT molecular complexity index is 402. The third-order valence-electron chi connectivity index (χ3n) is 4.09. The van der Waals surface area contributed by atoms with Gasteiger partial charge in [0.2, 0.25) is 0 Å². The minimum absolute atomic E-state index is 0.214. The van der Waals surface area contributed by atoms with Crippen molar-refractivity contribution in [3.05, 3.63) is 28.8 Å². The lowest BCUT2D eigenvalue weighted by Crippen LogP contribution is -2.45. The maximum absolute atomic E-state index is 6.25. The molecule has 0 bridgehead atoms. The van der Waals surface area contributed by atoms with Crippen molar-refractivity contribution in [2.24, 2.45) is 0 Å². The van der Waals surface area contributed by atoms with Gasteiger partial charge in [-0.3, -0.25) is 0 Å². The summed E-state index contributed by atoms with van der Waals surface area (Å²) in [7, 11) is 0. The molecule has 1 aromatic carbocycles. The monoisotopic (exact) mass is 201 g/mol. The van der Waals surface area contributed by atoms with Gasteiger partial charge in [-0.15, -0.1) is 0 Å². The first-order valence-electron chi connectivity index (χ1n) is 5.90. The quantitative estimate of drug-likeness (QED) is 0.625. The molecule has 1 nitrogen and oxygen atoms in total. The number of ether oxygens (including phenoxy) is 1. The summed E-state index contributed by atoms with van der Waals surface area (Å²) in [5.74, 6) is 1.16. The lowest BCUT2D eigenvalue weighted by Gasteiger charge is -2.45. The van der Waals surface area contributed by atoms with Crippen molar-refractivity contribution in [1.82, 2.24) is 0 Å². The summed E-state index contributed by atoms with van der Waals surface area (Å²) >= 11 is 0. The summed E-state index contributed by atoms with van der Waals surface area (Å²) in [6, 6.07) is 5.43.